The summed E-state index contributed by atoms with van der Waals surface area (Å²) in [6.07, 6.45) is 4.55. The first-order valence-corrected chi connectivity index (χ1v) is 8.58. The number of carbonyl (C=O) groups excluding carboxylic acids is 1. The van der Waals surface area contributed by atoms with Crippen LogP contribution in [0.25, 0.3) is 6.08 Å². The van der Waals surface area contributed by atoms with E-state index >= 15 is 0 Å². The second-order valence-corrected chi connectivity index (χ2v) is 5.70. The summed E-state index contributed by atoms with van der Waals surface area (Å²) in [6, 6.07) is 11.4. The molecule has 0 saturated heterocycles. The number of methoxy groups -OCH3 is 1. The van der Waals surface area contributed by atoms with Crippen LogP contribution in [0.4, 0.5) is 11.4 Å². The van der Waals surface area contributed by atoms with Gasteiger partial charge in [-0.15, -0.1) is 0 Å². The summed E-state index contributed by atoms with van der Waals surface area (Å²) >= 11 is 0. The Kier molecular flexibility index (Phi) is 7.37. The molecule has 7 heteroatoms. The van der Waals surface area contributed by atoms with Crippen molar-refractivity contribution in [1.29, 1.82) is 0 Å². The standard InChI is InChI=1S/C20H22N2O5/c1-3-4-13-27-19-11-10-16(26-2)14-17(19)21-20(23)12-9-15-7-5-6-8-18(15)22(24)25/h5-12,14H,3-4,13H2,1-2H3,(H,21,23)/b12-9+. The molecule has 0 bridgehead atoms. The summed E-state index contributed by atoms with van der Waals surface area (Å²) in [5.74, 6) is 0.689. The fourth-order valence-corrected chi connectivity index (χ4v) is 2.32. The fourth-order valence-electron chi connectivity index (χ4n) is 2.32. The van der Waals surface area contributed by atoms with Crippen molar-refractivity contribution < 1.29 is 19.2 Å². The van der Waals surface area contributed by atoms with Crippen molar-refractivity contribution in [3.63, 3.8) is 0 Å². The van der Waals surface area contributed by atoms with Gasteiger partial charge < -0.3 is 14.8 Å². The van der Waals surface area contributed by atoms with Crippen molar-refractivity contribution in [3.05, 3.63) is 64.2 Å². The van der Waals surface area contributed by atoms with Crippen molar-refractivity contribution in [3.8, 4) is 11.5 Å². The molecule has 0 aromatic heterocycles. The highest BCUT2D eigenvalue weighted by Crippen LogP contribution is 2.29. The number of benzene rings is 2. The number of amides is 1. The summed E-state index contributed by atoms with van der Waals surface area (Å²) < 4.78 is 10.9. The van der Waals surface area contributed by atoms with Crippen LogP contribution < -0.4 is 14.8 Å². The Labute approximate surface area is 157 Å². The molecule has 1 amide bonds. The molecule has 0 aliphatic carbocycles. The third-order valence-electron chi connectivity index (χ3n) is 3.75. The van der Waals surface area contributed by atoms with Crippen molar-refractivity contribution in [2.45, 2.75) is 19.8 Å². The van der Waals surface area contributed by atoms with E-state index in [0.717, 1.165) is 12.8 Å². The predicted molar refractivity (Wildman–Crippen MR) is 104 cm³/mol. The molecule has 0 unspecified atom stereocenters. The number of unbranched alkanes of at least 4 members (excludes halogenated alkanes) is 1. The van der Waals surface area contributed by atoms with E-state index in [1.165, 1.54) is 25.3 Å². The van der Waals surface area contributed by atoms with Crippen LogP contribution in [-0.4, -0.2) is 24.5 Å². The van der Waals surface area contributed by atoms with E-state index in [-0.39, 0.29) is 5.69 Å². The largest absolute Gasteiger partial charge is 0.497 e. The Hall–Kier alpha value is -3.35. The molecule has 0 aliphatic heterocycles. The van der Waals surface area contributed by atoms with Gasteiger partial charge in [0.25, 0.3) is 5.69 Å². The van der Waals surface area contributed by atoms with Crippen LogP contribution >= 0.6 is 0 Å². The highest BCUT2D eigenvalue weighted by molar-refractivity contribution is 6.03. The average molecular weight is 370 g/mol. The minimum absolute atomic E-state index is 0.0634. The number of rotatable bonds is 9. The number of para-hydroxylation sites is 1. The number of nitro benzene ring substituents is 1. The fraction of sp³-hybridized carbons (Fsp3) is 0.250. The topological polar surface area (TPSA) is 90.7 Å². The molecule has 0 fully saturated rings. The molecular weight excluding hydrogens is 348 g/mol. The summed E-state index contributed by atoms with van der Waals surface area (Å²) in [5, 5.41) is 13.8. The molecule has 0 spiro atoms. The minimum atomic E-state index is -0.487. The van der Waals surface area contributed by atoms with Crippen LogP contribution in [0.15, 0.2) is 48.5 Å². The lowest BCUT2D eigenvalue weighted by Crippen LogP contribution is -2.10. The smallest absolute Gasteiger partial charge is 0.276 e. The maximum absolute atomic E-state index is 12.3. The lowest BCUT2D eigenvalue weighted by molar-refractivity contribution is -0.385. The van der Waals surface area contributed by atoms with Crippen LogP contribution in [0.2, 0.25) is 0 Å². The summed E-state index contributed by atoms with van der Waals surface area (Å²) in [5.41, 5.74) is 0.761. The van der Waals surface area contributed by atoms with Crippen LogP contribution in [-0.2, 0) is 4.79 Å². The number of nitro groups is 1. The Morgan fingerprint density at radius 3 is 2.74 bits per heavy atom. The first-order chi connectivity index (χ1) is 13.0. The van der Waals surface area contributed by atoms with Gasteiger partial charge in [0.05, 0.1) is 29.9 Å². The van der Waals surface area contributed by atoms with Gasteiger partial charge in [0.15, 0.2) is 0 Å². The predicted octanol–water partition coefficient (Wildman–Crippen LogP) is 4.43. The van der Waals surface area contributed by atoms with E-state index in [9.17, 15) is 14.9 Å². The molecule has 0 atom stereocenters. The molecule has 7 nitrogen and oxygen atoms in total. The lowest BCUT2D eigenvalue weighted by Gasteiger charge is -2.13. The molecule has 0 aliphatic rings. The molecule has 2 aromatic carbocycles. The SMILES string of the molecule is CCCCOc1ccc(OC)cc1NC(=O)/C=C/c1ccccc1[N+](=O)[O-]. The molecule has 1 N–H and O–H groups in total. The van der Waals surface area contributed by atoms with Crippen molar-refractivity contribution in [2.24, 2.45) is 0 Å². The van der Waals surface area contributed by atoms with Gasteiger partial charge in [0.2, 0.25) is 5.91 Å². The summed E-state index contributed by atoms with van der Waals surface area (Å²) in [6.45, 7) is 2.60. The third-order valence-corrected chi connectivity index (χ3v) is 3.75. The van der Waals surface area contributed by atoms with Gasteiger partial charge in [-0.3, -0.25) is 14.9 Å². The molecule has 2 rings (SSSR count). The van der Waals surface area contributed by atoms with Crippen molar-refractivity contribution in [1.82, 2.24) is 0 Å². The molecule has 27 heavy (non-hydrogen) atoms. The highest BCUT2D eigenvalue weighted by atomic mass is 16.6. The lowest BCUT2D eigenvalue weighted by atomic mass is 10.1. The Bertz CT molecular complexity index is 833. The number of ether oxygens (including phenoxy) is 2. The third kappa shape index (κ3) is 5.85. The second kappa shape index (κ2) is 9.96. The normalized spacial score (nSPS) is 10.6. The van der Waals surface area contributed by atoms with Gasteiger partial charge >= 0.3 is 0 Å². The number of carbonyl (C=O) groups is 1. The van der Waals surface area contributed by atoms with Crippen LogP contribution in [0, 0.1) is 10.1 Å². The summed E-state index contributed by atoms with van der Waals surface area (Å²) in [4.78, 5) is 22.8. The van der Waals surface area contributed by atoms with E-state index in [4.69, 9.17) is 9.47 Å². The first kappa shape index (κ1) is 20.0. The van der Waals surface area contributed by atoms with Crippen molar-refractivity contribution >= 4 is 23.4 Å². The van der Waals surface area contributed by atoms with Crippen LogP contribution in [0.1, 0.15) is 25.3 Å². The van der Waals surface area contributed by atoms with Crippen LogP contribution in [0.3, 0.4) is 0 Å². The average Bonchev–Trinajstić information content (AvgIpc) is 2.67. The molecule has 142 valence electrons. The zero-order valence-electron chi connectivity index (χ0n) is 15.3. The van der Waals surface area contributed by atoms with E-state index in [0.29, 0.717) is 29.4 Å². The Morgan fingerprint density at radius 1 is 1.26 bits per heavy atom. The Morgan fingerprint density at radius 2 is 2.04 bits per heavy atom. The molecular formula is C20H22N2O5. The molecule has 2 aromatic rings. The molecule has 0 heterocycles. The maximum Gasteiger partial charge on any atom is 0.276 e. The first-order valence-electron chi connectivity index (χ1n) is 8.58. The number of hydrogen-bond donors (Lipinski definition) is 1. The van der Waals surface area contributed by atoms with E-state index < -0.39 is 10.8 Å². The van der Waals surface area contributed by atoms with E-state index in [2.05, 4.69) is 12.2 Å². The van der Waals surface area contributed by atoms with Gasteiger partial charge in [0.1, 0.15) is 11.5 Å². The van der Waals surface area contributed by atoms with Gasteiger partial charge in [-0.25, -0.2) is 0 Å². The quantitative estimate of drug-likeness (QED) is 0.305. The highest BCUT2D eigenvalue weighted by Gasteiger charge is 2.11. The number of anilines is 1. The van der Waals surface area contributed by atoms with E-state index in [1.807, 2.05) is 0 Å². The van der Waals surface area contributed by atoms with Crippen molar-refractivity contribution in [2.75, 3.05) is 19.0 Å². The number of hydrogen-bond acceptors (Lipinski definition) is 5. The van der Waals surface area contributed by atoms with E-state index in [1.54, 1.807) is 36.4 Å². The molecule has 0 radical (unpaired) electrons. The zero-order valence-corrected chi connectivity index (χ0v) is 15.3. The van der Waals surface area contributed by atoms with Gasteiger partial charge in [-0.1, -0.05) is 25.5 Å². The van der Waals surface area contributed by atoms with Crippen LogP contribution in [0.5, 0.6) is 11.5 Å². The summed E-state index contributed by atoms with van der Waals surface area (Å²) in [7, 11) is 1.53. The van der Waals surface area contributed by atoms with Gasteiger partial charge in [-0.05, 0) is 30.7 Å². The maximum atomic E-state index is 12.3. The molecule has 0 saturated carbocycles. The zero-order chi connectivity index (χ0) is 19.6. The minimum Gasteiger partial charge on any atom is -0.497 e. The number of nitrogens with one attached hydrogen (secondary N) is 1. The second-order valence-electron chi connectivity index (χ2n) is 5.70. The van der Waals surface area contributed by atoms with Gasteiger partial charge in [-0.2, -0.15) is 0 Å². The van der Waals surface area contributed by atoms with Gasteiger partial charge in [0, 0.05) is 18.2 Å². The monoisotopic (exact) mass is 370 g/mol. The Balaban J connectivity index is 2.16. The number of nitrogens with zero attached hydrogens (tertiary/aromatic N) is 1.